The molecule has 0 spiro atoms. The Bertz CT molecular complexity index is 586. The SMILES string of the molecule is C[C@H](NC(=O)CNCc1cccc(Cl)c1)c1ccccc1. The topological polar surface area (TPSA) is 41.1 Å². The lowest BCUT2D eigenvalue weighted by molar-refractivity contribution is -0.120. The van der Waals surface area contributed by atoms with E-state index in [4.69, 9.17) is 11.6 Å². The van der Waals surface area contributed by atoms with Crippen LogP contribution in [0.4, 0.5) is 0 Å². The van der Waals surface area contributed by atoms with E-state index in [1.54, 1.807) is 0 Å². The largest absolute Gasteiger partial charge is 0.348 e. The summed E-state index contributed by atoms with van der Waals surface area (Å²) < 4.78 is 0. The third-order valence-corrected chi connectivity index (χ3v) is 3.42. The molecule has 0 aliphatic carbocycles. The maximum atomic E-state index is 11.9. The standard InChI is InChI=1S/C17H19ClN2O/c1-13(15-7-3-2-4-8-15)20-17(21)12-19-11-14-6-5-9-16(18)10-14/h2-10,13,19H,11-12H2,1H3,(H,20,21)/t13-/m0/s1. The molecule has 0 aliphatic rings. The number of hydrogen-bond donors (Lipinski definition) is 2. The second kappa shape index (κ2) is 7.81. The van der Waals surface area contributed by atoms with Gasteiger partial charge in [0.05, 0.1) is 12.6 Å². The summed E-state index contributed by atoms with van der Waals surface area (Å²) in [7, 11) is 0. The number of amides is 1. The van der Waals surface area contributed by atoms with Crippen molar-refractivity contribution in [3.8, 4) is 0 Å². The molecule has 2 aromatic rings. The molecule has 0 unspecified atom stereocenters. The Balaban J connectivity index is 1.75. The zero-order chi connectivity index (χ0) is 15.1. The van der Waals surface area contributed by atoms with Crippen LogP contribution in [0.5, 0.6) is 0 Å². The highest BCUT2D eigenvalue weighted by Gasteiger charge is 2.08. The molecule has 0 fully saturated rings. The molecule has 0 saturated heterocycles. The van der Waals surface area contributed by atoms with Gasteiger partial charge in [0, 0.05) is 11.6 Å². The van der Waals surface area contributed by atoms with Crippen molar-refractivity contribution in [2.45, 2.75) is 19.5 Å². The Morgan fingerprint density at radius 3 is 2.62 bits per heavy atom. The summed E-state index contributed by atoms with van der Waals surface area (Å²) in [5.41, 5.74) is 2.16. The Morgan fingerprint density at radius 2 is 1.90 bits per heavy atom. The van der Waals surface area contributed by atoms with E-state index in [0.29, 0.717) is 11.6 Å². The van der Waals surface area contributed by atoms with E-state index in [1.165, 1.54) is 0 Å². The van der Waals surface area contributed by atoms with Gasteiger partial charge in [0.1, 0.15) is 0 Å². The van der Waals surface area contributed by atoms with Crippen LogP contribution in [0.15, 0.2) is 54.6 Å². The van der Waals surface area contributed by atoms with E-state index in [2.05, 4.69) is 10.6 Å². The van der Waals surface area contributed by atoms with Gasteiger partial charge >= 0.3 is 0 Å². The zero-order valence-electron chi connectivity index (χ0n) is 12.0. The Kier molecular flexibility index (Phi) is 5.78. The van der Waals surface area contributed by atoms with Crippen molar-refractivity contribution in [2.24, 2.45) is 0 Å². The number of hydrogen-bond acceptors (Lipinski definition) is 2. The summed E-state index contributed by atoms with van der Waals surface area (Å²) in [5.74, 6) is -0.0200. The molecular weight excluding hydrogens is 284 g/mol. The summed E-state index contributed by atoms with van der Waals surface area (Å²) in [5, 5.41) is 6.79. The van der Waals surface area contributed by atoms with E-state index < -0.39 is 0 Å². The molecule has 110 valence electrons. The molecule has 2 aromatic carbocycles. The van der Waals surface area contributed by atoms with E-state index in [0.717, 1.165) is 11.1 Å². The molecule has 0 heterocycles. The quantitative estimate of drug-likeness (QED) is 0.859. The fraction of sp³-hybridized carbons (Fsp3) is 0.235. The Morgan fingerprint density at radius 1 is 1.14 bits per heavy atom. The maximum Gasteiger partial charge on any atom is 0.234 e. The third-order valence-electron chi connectivity index (χ3n) is 3.18. The van der Waals surface area contributed by atoms with Crippen LogP contribution in [0, 0.1) is 0 Å². The minimum atomic E-state index is -0.0200. The highest BCUT2D eigenvalue weighted by molar-refractivity contribution is 6.30. The van der Waals surface area contributed by atoms with Crippen LogP contribution in [0.25, 0.3) is 0 Å². The van der Waals surface area contributed by atoms with Crippen molar-refractivity contribution in [1.82, 2.24) is 10.6 Å². The van der Waals surface area contributed by atoms with Gasteiger partial charge < -0.3 is 10.6 Å². The van der Waals surface area contributed by atoms with E-state index >= 15 is 0 Å². The maximum absolute atomic E-state index is 11.9. The summed E-state index contributed by atoms with van der Waals surface area (Å²) in [4.78, 5) is 11.9. The van der Waals surface area contributed by atoms with Gasteiger partial charge in [-0.3, -0.25) is 4.79 Å². The van der Waals surface area contributed by atoms with Gasteiger partial charge in [-0.25, -0.2) is 0 Å². The van der Waals surface area contributed by atoms with E-state index in [1.807, 2.05) is 61.5 Å². The molecule has 1 amide bonds. The van der Waals surface area contributed by atoms with Crippen LogP contribution in [-0.2, 0) is 11.3 Å². The predicted octanol–water partition coefficient (Wildman–Crippen LogP) is 3.31. The highest BCUT2D eigenvalue weighted by Crippen LogP contribution is 2.11. The van der Waals surface area contributed by atoms with E-state index in [-0.39, 0.29) is 18.5 Å². The average Bonchev–Trinajstić information content (AvgIpc) is 2.48. The summed E-state index contributed by atoms with van der Waals surface area (Å²) in [6.07, 6.45) is 0. The summed E-state index contributed by atoms with van der Waals surface area (Å²) in [6, 6.07) is 17.5. The Labute approximate surface area is 130 Å². The molecule has 0 aromatic heterocycles. The zero-order valence-corrected chi connectivity index (χ0v) is 12.7. The lowest BCUT2D eigenvalue weighted by Crippen LogP contribution is -2.35. The molecule has 0 aliphatic heterocycles. The van der Waals surface area contributed by atoms with Gasteiger partial charge in [-0.15, -0.1) is 0 Å². The van der Waals surface area contributed by atoms with Crippen molar-refractivity contribution < 1.29 is 4.79 Å². The van der Waals surface area contributed by atoms with Gasteiger partial charge in [-0.1, -0.05) is 54.1 Å². The molecule has 3 nitrogen and oxygen atoms in total. The Hall–Kier alpha value is -1.84. The van der Waals surface area contributed by atoms with Crippen molar-refractivity contribution >= 4 is 17.5 Å². The average molecular weight is 303 g/mol. The van der Waals surface area contributed by atoms with Crippen LogP contribution >= 0.6 is 11.6 Å². The molecule has 0 saturated carbocycles. The summed E-state index contributed by atoms with van der Waals surface area (Å²) in [6.45, 7) is 2.88. The number of benzene rings is 2. The minimum Gasteiger partial charge on any atom is -0.348 e. The molecule has 2 rings (SSSR count). The smallest absolute Gasteiger partial charge is 0.234 e. The van der Waals surface area contributed by atoms with Crippen LogP contribution in [0.3, 0.4) is 0 Å². The lowest BCUT2D eigenvalue weighted by Gasteiger charge is -2.14. The number of halogens is 1. The minimum absolute atomic E-state index is 0.00618. The molecule has 4 heteroatoms. The van der Waals surface area contributed by atoms with Crippen molar-refractivity contribution in [1.29, 1.82) is 0 Å². The molecule has 2 N–H and O–H groups in total. The van der Waals surface area contributed by atoms with Crippen molar-refractivity contribution in [3.05, 3.63) is 70.7 Å². The van der Waals surface area contributed by atoms with Crippen LogP contribution in [0.1, 0.15) is 24.1 Å². The van der Waals surface area contributed by atoms with Crippen molar-refractivity contribution in [2.75, 3.05) is 6.54 Å². The molecular formula is C17H19ClN2O. The van der Waals surface area contributed by atoms with Crippen LogP contribution < -0.4 is 10.6 Å². The fourth-order valence-electron chi connectivity index (χ4n) is 2.08. The fourth-order valence-corrected chi connectivity index (χ4v) is 2.30. The third kappa shape index (κ3) is 5.21. The molecule has 0 bridgehead atoms. The first-order valence-corrected chi connectivity index (χ1v) is 7.32. The van der Waals surface area contributed by atoms with E-state index in [9.17, 15) is 4.79 Å². The van der Waals surface area contributed by atoms with Crippen LogP contribution in [0.2, 0.25) is 5.02 Å². The van der Waals surface area contributed by atoms with Gasteiger partial charge in [0.2, 0.25) is 5.91 Å². The van der Waals surface area contributed by atoms with Gasteiger partial charge in [-0.05, 0) is 30.2 Å². The first-order chi connectivity index (χ1) is 10.1. The van der Waals surface area contributed by atoms with Gasteiger partial charge in [0.15, 0.2) is 0 Å². The summed E-state index contributed by atoms with van der Waals surface area (Å²) >= 11 is 5.92. The normalized spacial score (nSPS) is 11.9. The number of carbonyl (C=O) groups excluding carboxylic acids is 1. The molecule has 0 radical (unpaired) electrons. The van der Waals surface area contributed by atoms with Gasteiger partial charge in [-0.2, -0.15) is 0 Å². The molecule has 1 atom stereocenters. The van der Waals surface area contributed by atoms with Gasteiger partial charge in [0.25, 0.3) is 0 Å². The second-order valence-corrected chi connectivity index (χ2v) is 5.37. The number of nitrogens with one attached hydrogen (secondary N) is 2. The second-order valence-electron chi connectivity index (χ2n) is 4.93. The monoisotopic (exact) mass is 302 g/mol. The highest BCUT2D eigenvalue weighted by atomic mass is 35.5. The molecule has 21 heavy (non-hydrogen) atoms. The lowest BCUT2D eigenvalue weighted by atomic mass is 10.1. The van der Waals surface area contributed by atoms with Crippen molar-refractivity contribution in [3.63, 3.8) is 0 Å². The predicted molar refractivity (Wildman–Crippen MR) is 86.2 cm³/mol. The van der Waals surface area contributed by atoms with Crippen LogP contribution in [-0.4, -0.2) is 12.5 Å². The first-order valence-electron chi connectivity index (χ1n) is 6.94. The number of rotatable bonds is 6. The number of carbonyl (C=O) groups is 1. The first kappa shape index (κ1) is 15.5.